The normalized spacial score (nSPS) is 10.7. The number of benzene rings is 1. The van der Waals surface area contributed by atoms with Crippen LogP contribution in [0, 0.1) is 0 Å². The number of H-pyrrole nitrogens is 1. The Kier molecular flexibility index (Phi) is 7.12. The predicted molar refractivity (Wildman–Crippen MR) is 97.9 cm³/mol. The highest BCUT2D eigenvalue weighted by Crippen LogP contribution is 2.20. The quantitative estimate of drug-likeness (QED) is 0.690. The van der Waals surface area contributed by atoms with Gasteiger partial charge in [-0.3, -0.25) is 9.36 Å². The number of hydrogen-bond donors (Lipinski definition) is 1. The van der Waals surface area contributed by atoms with Crippen LogP contribution in [0.5, 0.6) is 5.75 Å². The molecule has 1 N–H and O–H groups in total. The molecule has 0 fully saturated rings. The van der Waals surface area contributed by atoms with Crippen LogP contribution in [0.25, 0.3) is 0 Å². The zero-order chi connectivity index (χ0) is 18.2. The summed E-state index contributed by atoms with van der Waals surface area (Å²) >= 11 is 1.27. The molecule has 0 saturated carbocycles. The van der Waals surface area contributed by atoms with E-state index in [0.717, 1.165) is 24.2 Å². The molecule has 0 unspecified atom stereocenters. The summed E-state index contributed by atoms with van der Waals surface area (Å²) in [5, 5.41) is 7.01. The number of para-hydroxylation sites is 1. The molecule has 136 valence electrons. The van der Waals surface area contributed by atoms with Gasteiger partial charge in [0.25, 0.3) is 0 Å². The first kappa shape index (κ1) is 19.1. The highest BCUT2D eigenvalue weighted by atomic mass is 32.2. The Labute approximate surface area is 151 Å². The lowest BCUT2D eigenvalue weighted by atomic mass is 10.2. The number of amides is 1. The number of aromatic nitrogens is 3. The monoisotopic (exact) mass is 364 g/mol. The van der Waals surface area contributed by atoms with Crippen LogP contribution in [0.15, 0.2) is 34.2 Å². The van der Waals surface area contributed by atoms with Gasteiger partial charge < -0.3 is 9.64 Å². The standard InChI is InChI=1S/C17H24N4O3S/c1-4-5-10-21-16(23)18-19-17(21)25-12-15(22)20(2)11-13-8-6-7-9-14(13)24-3/h6-9H,4-5,10-12H2,1-3H3,(H,18,23). The third kappa shape index (κ3) is 5.12. The molecule has 1 heterocycles. The fourth-order valence-electron chi connectivity index (χ4n) is 2.34. The van der Waals surface area contributed by atoms with Crippen molar-refractivity contribution in [2.45, 2.75) is 38.0 Å². The van der Waals surface area contributed by atoms with Crippen molar-refractivity contribution in [3.8, 4) is 5.75 Å². The molecule has 25 heavy (non-hydrogen) atoms. The highest BCUT2D eigenvalue weighted by Gasteiger charge is 2.15. The van der Waals surface area contributed by atoms with Gasteiger partial charge in [0, 0.05) is 25.7 Å². The van der Waals surface area contributed by atoms with E-state index in [-0.39, 0.29) is 17.3 Å². The molecule has 2 rings (SSSR count). The average Bonchev–Trinajstić information content (AvgIpc) is 2.97. The Morgan fingerprint density at radius 2 is 2.16 bits per heavy atom. The summed E-state index contributed by atoms with van der Waals surface area (Å²) in [4.78, 5) is 25.8. The van der Waals surface area contributed by atoms with Crippen molar-refractivity contribution >= 4 is 17.7 Å². The molecule has 0 aliphatic heterocycles. The summed E-state index contributed by atoms with van der Waals surface area (Å²) in [6, 6.07) is 7.62. The van der Waals surface area contributed by atoms with Crippen LogP contribution >= 0.6 is 11.8 Å². The number of rotatable bonds is 9. The molecule has 0 aliphatic carbocycles. The first-order chi connectivity index (χ1) is 12.1. The Morgan fingerprint density at radius 1 is 1.40 bits per heavy atom. The molecule has 7 nitrogen and oxygen atoms in total. The lowest BCUT2D eigenvalue weighted by Crippen LogP contribution is -2.28. The molecule has 1 aromatic carbocycles. The van der Waals surface area contributed by atoms with Gasteiger partial charge in [-0.05, 0) is 12.5 Å². The van der Waals surface area contributed by atoms with Gasteiger partial charge in [0.05, 0.1) is 12.9 Å². The number of hydrogen-bond acceptors (Lipinski definition) is 5. The molecule has 2 aromatic rings. The zero-order valence-corrected chi connectivity index (χ0v) is 15.6. The molecule has 0 bridgehead atoms. The van der Waals surface area contributed by atoms with Gasteiger partial charge in [0.1, 0.15) is 5.75 Å². The van der Waals surface area contributed by atoms with Gasteiger partial charge in [-0.15, -0.1) is 5.10 Å². The molecule has 1 aromatic heterocycles. The molecule has 0 radical (unpaired) electrons. The number of carbonyl (C=O) groups excluding carboxylic acids is 1. The topological polar surface area (TPSA) is 80.2 Å². The van der Waals surface area contributed by atoms with Crippen molar-refractivity contribution in [3.05, 3.63) is 40.3 Å². The van der Waals surface area contributed by atoms with Gasteiger partial charge in [0.15, 0.2) is 5.16 Å². The van der Waals surface area contributed by atoms with E-state index in [0.29, 0.717) is 18.2 Å². The van der Waals surface area contributed by atoms with E-state index in [9.17, 15) is 9.59 Å². The number of nitrogens with zero attached hydrogens (tertiary/aromatic N) is 3. The van der Waals surface area contributed by atoms with Gasteiger partial charge in [-0.25, -0.2) is 9.89 Å². The Morgan fingerprint density at radius 3 is 2.88 bits per heavy atom. The minimum Gasteiger partial charge on any atom is -0.496 e. The summed E-state index contributed by atoms with van der Waals surface area (Å²) in [7, 11) is 3.37. The second-order valence-corrected chi connectivity index (χ2v) is 6.61. The smallest absolute Gasteiger partial charge is 0.343 e. The first-order valence-corrected chi connectivity index (χ1v) is 9.19. The van der Waals surface area contributed by atoms with E-state index >= 15 is 0 Å². The van der Waals surface area contributed by atoms with Crippen LogP contribution in [0.1, 0.15) is 25.3 Å². The number of methoxy groups -OCH3 is 1. The van der Waals surface area contributed by atoms with Crippen molar-refractivity contribution in [2.24, 2.45) is 0 Å². The maximum absolute atomic E-state index is 12.4. The first-order valence-electron chi connectivity index (χ1n) is 8.20. The molecule has 1 amide bonds. The van der Waals surface area contributed by atoms with E-state index in [1.54, 1.807) is 23.6 Å². The maximum atomic E-state index is 12.4. The lowest BCUT2D eigenvalue weighted by Gasteiger charge is -2.18. The van der Waals surface area contributed by atoms with E-state index in [1.165, 1.54) is 11.8 Å². The van der Waals surface area contributed by atoms with Crippen LogP contribution in [0.3, 0.4) is 0 Å². The molecule has 8 heteroatoms. The molecule has 0 spiro atoms. The number of ether oxygens (including phenoxy) is 1. The van der Waals surface area contributed by atoms with Crippen LogP contribution in [-0.2, 0) is 17.9 Å². The maximum Gasteiger partial charge on any atom is 0.343 e. The second-order valence-electron chi connectivity index (χ2n) is 5.67. The van der Waals surface area contributed by atoms with Crippen LogP contribution in [-0.4, -0.2) is 45.5 Å². The molecule has 0 aliphatic rings. The van der Waals surface area contributed by atoms with Gasteiger partial charge in [-0.1, -0.05) is 43.3 Å². The highest BCUT2D eigenvalue weighted by molar-refractivity contribution is 7.99. The van der Waals surface area contributed by atoms with Crippen molar-refractivity contribution in [1.29, 1.82) is 0 Å². The summed E-state index contributed by atoms with van der Waals surface area (Å²) in [6.45, 7) is 3.14. The van der Waals surface area contributed by atoms with Crippen LogP contribution < -0.4 is 10.4 Å². The molecule has 0 saturated heterocycles. The Hall–Kier alpha value is -2.22. The van der Waals surface area contributed by atoms with Gasteiger partial charge in [-0.2, -0.15) is 0 Å². The van der Waals surface area contributed by atoms with E-state index < -0.39 is 0 Å². The van der Waals surface area contributed by atoms with Crippen molar-refractivity contribution in [2.75, 3.05) is 19.9 Å². The number of nitrogens with one attached hydrogen (secondary N) is 1. The summed E-state index contributed by atoms with van der Waals surface area (Å²) in [5.74, 6) is 0.950. The summed E-state index contributed by atoms with van der Waals surface area (Å²) in [5.41, 5.74) is 0.719. The average molecular weight is 364 g/mol. The van der Waals surface area contributed by atoms with Crippen molar-refractivity contribution < 1.29 is 9.53 Å². The summed E-state index contributed by atoms with van der Waals surface area (Å²) < 4.78 is 6.90. The largest absolute Gasteiger partial charge is 0.496 e. The Bertz CT molecular complexity index is 756. The van der Waals surface area contributed by atoms with E-state index in [2.05, 4.69) is 17.1 Å². The van der Waals surface area contributed by atoms with E-state index in [1.807, 2.05) is 24.3 Å². The van der Waals surface area contributed by atoms with Gasteiger partial charge >= 0.3 is 5.69 Å². The molecule has 0 atom stereocenters. The summed E-state index contributed by atoms with van der Waals surface area (Å²) in [6.07, 6.45) is 1.89. The molecular weight excluding hydrogens is 340 g/mol. The van der Waals surface area contributed by atoms with Crippen LogP contribution in [0.2, 0.25) is 0 Å². The van der Waals surface area contributed by atoms with Gasteiger partial charge in [0.2, 0.25) is 5.91 Å². The fourth-order valence-corrected chi connectivity index (χ4v) is 3.25. The van der Waals surface area contributed by atoms with Crippen LogP contribution in [0.4, 0.5) is 0 Å². The molecular formula is C17H24N4O3S. The third-order valence-corrected chi connectivity index (χ3v) is 4.77. The fraction of sp³-hybridized carbons (Fsp3) is 0.471. The predicted octanol–water partition coefficient (Wildman–Crippen LogP) is 2.13. The van der Waals surface area contributed by atoms with Crippen molar-refractivity contribution in [3.63, 3.8) is 0 Å². The SMILES string of the molecule is CCCCn1c(SCC(=O)N(C)Cc2ccccc2OC)n[nH]c1=O. The Balaban J connectivity index is 1.95. The lowest BCUT2D eigenvalue weighted by molar-refractivity contribution is -0.127. The number of thioether (sulfide) groups is 1. The zero-order valence-electron chi connectivity index (χ0n) is 14.8. The number of aromatic amines is 1. The van der Waals surface area contributed by atoms with E-state index in [4.69, 9.17) is 4.74 Å². The third-order valence-electron chi connectivity index (χ3n) is 3.81. The minimum atomic E-state index is -0.231. The van der Waals surface area contributed by atoms with Crippen molar-refractivity contribution in [1.82, 2.24) is 19.7 Å². The number of carbonyl (C=O) groups is 1. The minimum absolute atomic E-state index is 0.0339. The second kappa shape index (κ2) is 9.31. The number of unbranched alkanes of at least 4 members (excludes halogenated alkanes) is 1.